The first kappa shape index (κ1) is 16.9. The van der Waals surface area contributed by atoms with E-state index in [1.807, 2.05) is 4.90 Å². The number of rotatable bonds is 4. The molecule has 2 atom stereocenters. The van der Waals surface area contributed by atoms with Crippen LogP contribution in [0.25, 0.3) is 0 Å². The van der Waals surface area contributed by atoms with Crippen molar-refractivity contribution >= 4 is 37.4 Å². The van der Waals surface area contributed by atoms with Crippen LogP contribution in [0, 0.1) is 0 Å². The molecule has 23 heavy (non-hydrogen) atoms. The van der Waals surface area contributed by atoms with Gasteiger partial charge in [0.2, 0.25) is 6.41 Å². The van der Waals surface area contributed by atoms with Crippen LogP contribution in [0.15, 0.2) is 21.7 Å². The molecule has 10 heteroatoms. The molecule has 3 rings (SSSR count). The number of carbonyl (C=O) groups excluding carboxylic acids is 1. The molecule has 0 saturated carbocycles. The van der Waals surface area contributed by atoms with Gasteiger partial charge in [-0.3, -0.25) is 9.69 Å². The fourth-order valence-corrected chi connectivity index (χ4v) is 9.24. The van der Waals surface area contributed by atoms with E-state index in [4.69, 9.17) is 0 Å². The average Bonchev–Trinajstić information content (AvgIpc) is 3.15. The van der Waals surface area contributed by atoms with Crippen molar-refractivity contribution in [1.29, 1.82) is 0 Å². The number of hydrogen-bond acceptors (Lipinski definition) is 7. The second-order valence-electron chi connectivity index (χ2n) is 5.84. The molecule has 2 saturated heterocycles. The summed E-state index contributed by atoms with van der Waals surface area (Å²) in [7, 11) is -7.06. The van der Waals surface area contributed by atoms with Crippen molar-refractivity contribution in [2.75, 3.05) is 37.7 Å². The molecule has 0 aromatic carbocycles. The summed E-state index contributed by atoms with van der Waals surface area (Å²) >= 11 is 1.11. The Morgan fingerprint density at radius 3 is 2.43 bits per heavy atom. The Morgan fingerprint density at radius 1 is 1.17 bits per heavy atom. The van der Waals surface area contributed by atoms with Gasteiger partial charge in [-0.05, 0) is 11.4 Å². The van der Waals surface area contributed by atoms with Gasteiger partial charge in [-0.15, -0.1) is 11.3 Å². The first-order valence-corrected chi connectivity index (χ1v) is 11.5. The summed E-state index contributed by atoms with van der Waals surface area (Å²) in [4.78, 5) is 14.3. The van der Waals surface area contributed by atoms with E-state index in [1.165, 1.54) is 6.07 Å². The molecule has 2 aliphatic rings. The third-order valence-electron chi connectivity index (χ3n) is 4.41. The van der Waals surface area contributed by atoms with Crippen molar-refractivity contribution in [1.82, 2.24) is 9.80 Å². The van der Waals surface area contributed by atoms with Gasteiger partial charge in [0, 0.05) is 32.2 Å². The first-order valence-electron chi connectivity index (χ1n) is 7.25. The summed E-state index contributed by atoms with van der Waals surface area (Å²) < 4.78 is 50.0. The van der Waals surface area contributed by atoms with Crippen LogP contribution < -0.4 is 0 Å². The monoisotopic (exact) mass is 378 g/mol. The largest absolute Gasteiger partial charge is 0.343 e. The fourth-order valence-electron chi connectivity index (χ4n) is 3.18. The van der Waals surface area contributed by atoms with Gasteiger partial charge >= 0.3 is 0 Å². The van der Waals surface area contributed by atoms with Gasteiger partial charge in [0.15, 0.2) is 19.7 Å². The highest BCUT2D eigenvalue weighted by Gasteiger charge is 2.48. The van der Waals surface area contributed by atoms with E-state index in [-0.39, 0.29) is 15.7 Å². The highest BCUT2D eigenvalue weighted by Crippen LogP contribution is 2.31. The fraction of sp³-hybridized carbons (Fsp3) is 0.615. The minimum Gasteiger partial charge on any atom is -0.343 e. The van der Waals surface area contributed by atoms with Gasteiger partial charge in [0.1, 0.15) is 4.21 Å². The highest BCUT2D eigenvalue weighted by atomic mass is 32.2. The lowest BCUT2D eigenvalue weighted by Gasteiger charge is -2.37. The quantitative estimate of drug-likeness (QED) is 0.654. The molecule has 1 aromatic heterocycles. The maximum Gasteiger partial charge on any atom is 0.209 e. The second kappa shape index (κ2) is 6.15. The van der Waals surface area contributed by atoms with Crippen LogP contribution in [0.4, 0.5) is 0 Å². The molecule has 0 bridgehead atoms. The normalized spacial score (nSPS) is 28.8. The zero-order valence-corrected chi connectivity index (χ0v) is 14.8. The molecule has 3 heterocycles. The number of nitrogens with zero attached hydrogens (tertiary/aromatic N) is 2. The van der Waals surface area contributed by atoms with Crippen molar-refractivity contribution in [3.63, 3.8) is 0 Å². The summed E-state index contributed by atoms with van der Waals surface area (Å²) in [5, 5.41) is 0.739. The first-order chi connectivity index (χ1) is 10.8. The Kier molecular flexibility index (Phi) is 4.51. The SMILES string of the molecule is O=CN1CCN([C@H]2CS(=O)(=O)C[C@@H]2S(=O)(=O)c2cccs2)CC1. The molecular weight excluding hydrogens is 360 g/mol. The topological polar surface area (TPSA) is 91.8 Å². The van der Waals surface area contributed by atoms with E-state index in [9.17, 15) is 21.6 Å². The molecule has 0 N–H and O–H groups in total. The lowest BCUT2D eigenvalue weighted by molar-refractivity contribution is -0.119. The van der Waals surface area contributed by atoms with E-state index < -0.39 is 31.0 Å². The summed E-state index contributed by atoms with van der Waals surface area (Å²) in [5.41, 5.74) is 0. The molecule has 0 radical (unpaired) electrons. The Balaban J connectivity index is 1.87. The number of amides is 1. The molecule has 7 nitrogen and oxygen atoms in total. The smallest absolute Gasteiger partial charge is 0.209 e. The molecule has 1 aromatic rings. The van der Waals surface area contributed by atoms with Gasteiger partial charge < -0.3 is 4.90 Å². The lowest BCUT2D eigenvalue weighted by atomic mass is 10.2. The van der Waals surface area contributed by atoms with Crippen LogP contribution in [0.3, 0.4) is 0 Å². The van der Waals surface area contributed by atoms with Gasteiger partial charge in [-0.1, -0.05) is 6.07 Å². The Hall–Kier alpha value is -0.970. The average molecular weight is 378 g/mol. The molecule has 0 spiro atoms. The molecule has 2 aliphatic heterocycles. The summed E-state index contributed by atoms with van der Waals surface area (Å²) in [6, 6.07) is 2.63. The second-order valence-corrected chi connectivity index (χ2v) is 11.3. The lowest BCUT2D eigenvalue weighted by Crippen LogP contribution is -2.54. The molecule has 128 valence electrons. The van der Waals surface area contributed by atoms with Crippen LogP contribution in [-0.4, -0.2) is 82.0 Å². The zero-order chi connectivity index (χ0) is 16.7. The minimum absolute atomic E-state index is 0.136. The van der Waals surface area contributed by atoms with Crippen molar-refractivity contribution in [3.8, 4) is 0 Å². The number of hydrogen-bond donors (Lipinski definition) is 0. The third-order valence-corrected chi connectivity index (χ3v) is 9.96. The van der Waals surface area contributed by atoms with E-state index in [0.717, 1.165) is 17.7 Å². The van der Waals surface area contributed by atoms with Gasteiger partial charge in [0.25, 0.3) is 0 Å². The summed E-state index contributed by atoms with van der Waals surface area (Å²) in [6.45, 7) is 1.97. The highest BCUT2D eigenvalue weighted by molar-refractivity contribution is 7.97. The predicted octanol–water partition coefficient (Wildman–Crippen LogP) is -0.539. The van der Waals surface area contributed by atoms with Crippen LogP contribution in [0.2, 0.25) is 0 Å². The van der Waals surface area contributed by atoms with E-state index in [1.54, 1.807) is 16.3 Å². The van der Waals surface area contributed by atoms with E-state index in [0.29, 0.717) is 26.2 Å². The third kappa shape index (κ3) is 3.30. The maximum atomic E-state index is 12.8. The standard InChI is InChI=1S/C13H18N2O5S3/c16-10-14-3-5-15(6-4-14)11-8-22(17,18)9-12(11)23(19,20)13-2-1-7-21-13/h1-2,7,10-12H,3-6,8-9H2/t11-,12-/m0/s1. The molecule has 0 aliphatic carbocycles. The van der Waals surface area contributed by atoms with E-state index >= 15 is 0 Å². The van der Waals surface area contributed by atoms with Crippen molar-refractivity contribution < 1.29 is 21.6 Å². The molecule has 2 fully saturated rings. The maximum absolute atomic E-state index is 12.8. The zero-order valence-electron chi connectivity index (χ0n) is 12.4. The number of thiophene rings is 1. The van der Waals surface area contributed by atoms with Gasteiger partial charge in [-0.25, -0.2) is 16.8 Å². The number of carbonyl (C=O) groups is 1. The van der Waals surface area contributed by atoms with Crippen molar-refractivity contribution in [2.45, 2.75) is 15.5 Å². The Morgan fingerprint density at radius 2 is 1.87 bits per heavy atom. The number of sulfone groups is 2. The molecular formula is C13H18N2O5S3. The summed E-state index contributed by atoms with van der Waals surface area (Å²) in [5.74, 6) is -0.463. The van der Waals surface area contributed by atoms with Crippen LogP contribution in [0.1, 0.15) is 0 Å². The van der Waals surface area contributed by atoms with Crippen molar-refractivity contribution in [3.05, 3.63) is 17.5 Å². The predicted molar refractivity (Wildman–Crippen MR) is 86.9 cm³/mol. The molecule has 1 amide bonds. The number of piperazine rings is 1. The Labute approximate surface area is 139 Å². The van der Waals surface area contributed by atoms with Crippen molar-refractivity contribution in [2.24, 2.45) is 0 Å². The Bertz CT molecular complexity index is 765. The van der Waals surface area contributed by atoms with Gasteiger partial charge in [0.05, 0.1) is 16.8 Å². The molecule has 0 unspecified atom stereocenters. The van der Waals surface area contributed by atoms with Crippen LogP contribution >= 0.6 is 11.3 Å². The van der Waals surface area contributed by atoms with Crippen LogP contribution in [-0.2, 0) is 24.5 Å². The van der Waals surface area contributed by atoms with E-state index in [2.05, 4.69) is 0 Å². The van der Waals surface area contributed by atoms with Crippen LogP contribution in [0.5, 0.6) is 0 Å². The minimum atomic E-state index is -3.67. The van der Waals surface area contributed by atoms with Gasteiger partial charge in [-0.2, -0.15) is 0 Å². The summed E-state index contributed by atoms with van der Waals surface area (Å²) in [6.07, 6.45) is 0.766.